The molecule has 0 aliphatic carbocycles. The Hall–Kier alpha value is -1.95. The Morgan fingerprint density at radius 3 is 2.56 bits per heavy atom. The molecule has 0 aliphatic heterocycles. The van der Waals surface area contributed by atoms with Crippen LogP contribution >= 0.6 is 34.8 Å². The molecule has 0 spiro atoms. The fourth-order valence-electron chi connectivity index (χ4n) is 2.10. The summed E-state index contributed by atoms with van der Waals surface area (Å²) in [5.74, 6) is -0.555. The summed E-state index contributed by atoms with van der Waals surface area (Å²) in [6, 6.07) is 9.84. The van der Waals surface area contributed by atoms with Gasteiger partial charge in [-0.2, -0.15) is 0 Å². The summed E-state index contributed by atoms with van der Waals surface area (Å²) >= 11 is 17.9. The van der Waals surface area contributed by atoms with Gasteiger partial charge in [0.05, 0.1) is 22.7 Å². The van der Waals surface area contributed by atoms with E-state index in [2.05, 4.69) is 10.9 Å². The smallest absolute Gasteiger partial charge is 0.273 e. The summed E-state index contributed by atoms with van der Waals surface area (Å²) in [7, 11) is 1.44. The highest BCUT2D eigenvalue weighted by molar-refractivity contribution is 6.42. The molecule has 0 fully saturated rings. The highest BCUT2D eigenvalue weighted by Crippen LogP contribution is 2.26. The molecule has 2 amide bonds. The monoisotopic (exact) mass is 400 g/mol. The van der Waals surface area contributed by atoms with Crippen molar-refractivity contribution >= 4 is 46.6 Å². The number of methoxy groups -OCH3 is 1. The van der Waals surface area contributed by atoms with E-state index in [1.54, 1.807) is 30.3 Å². The maximum Gasteiger partial charge on any atom is 0.273 e. The van der Waals surface area contributed by atoms with Crippen LogP contribution in [0.5, 0.6) is 5.75 Å². The third kappa shape index (κ3) is 5.26. The van der Waals surface area contributed by atoms with Crippen LogP contribution in [0.4, 0.5) is 0 Å². The fraction of sp³-hybridized carbons (Fsp3) is 0.176. The van der Waals surface area contributed by atoms with Crippen molar-refractivity contribution in [1.82, 2.24) is 10.9 Å². The summed E-state index contributed by atoms with van der Waals surface area (Å²) < 4.78 is 5.10. The molecule has 2 aromatic carbocycles. The first-order chi connectivity index (χ1) is 11.9. The molecule has 0 radical (unpaired) electrons. The van der Waals surface area contributed by atoms with Crippen LogP contribution in [-0.4, -0.2) is 18.9 Å². The zero-order valence-corrected chi connectivity index (χ0v) is 15.5. The maximum absolute atomic E-state index is 12.2. The molecule has 0 saturated heterocycles. The van der Waals surface area contributed by atoms with E-state index in [4.69, 9.17) is 39.5 Å². The quantitative estimate of drug-likeness (QED) is 0.743. The van der Waals surface area contributed by atoms with Gasteiger partial charge < -0.3 is 4.74 Å². The second-order valence-electron chi connectivity index (χ2n) is 5.06. The summed E-state index contributed by atoms with van der Waals surface area (Å²) in [5.41, 5.74) is 5.64. The minimum Gasteiger partial charge on any atom is -0.496 e. The van der Waals surface area contributed by atoms with Crippen LogP contribution < -0.4 is 15.6 Å². The number of nitrogens with one attached hydrogen (secondary N) is 2. The predicted molar refractivity (Wildman–Crippen MR) is 98.4 cm³/mol. The van der Waals surface area contributed by atoms with E-state index in [0.717, 1.165) is 5.56 Å². The molecule has 0 aliphatic rings. The number of benzene rings is 2. The number of aryl methyl sites for hydroxylation is 1. The van der Waals surface area contributed by atoms with E-state index in [-0.39, 0.29) is 17.9 Å². The van der Waals surface area contributed by atoms with Crippen molar-refractivity contribution in [3.05, 3.63) is 62.6 Å². The molecule has 2 aromatic rings. The topological polar surface area (TPSA) is 67.4 Å². The minimum absolute atomic E-state index is 0.132. The molecular weight excluding hydrogens is 387 g/mol. The van der Waals surface area contributed by atoms with Gasteiger partial charge in [0.2, 0.25) is 5.91 Å². The van der Waals surface area contributed by atoms with E-state index in [1.165, 1.54) is 13.2 Å². The lowest BCUT2D eigenvalue weighted by Gasteiger charge is -2.11. The average Bonchev–Trinajstić information content (AvgIpc) is 2.60. The summed E-state index contributed by atoms with van der Waals surface area (Å²) in [5, 5.41) is 1.23. The molecule has 5 nitrogen and oxygen atoms in total. The van der Waals surface area contributed by atoms with Gasteiger partial charge in [0.1, 0.15) is 5.75 Å². The number of halogens is 3. The second kappa shape index (κ2) is 8.94. The molecule has 0 saturated carbocycles. The van der Waals surface area contributed by atoms with Gasteiger partial charge in [0.25, 0.3) is 5.91 Å². The van der Waals surface area contributed by atoms with Crippen molar-refractivity contribution in [1.29, 1.82) is 0 Å². The lowest BCUT2D eigenvalue weighted by atomic mass is 10.1. The van der Waals surface area contributed by atoms with E-state index >= 15 is 0 Å². The maximum atomic E-state index is 12.2. The van der Waals surface area contributed by atoms with Gasteiger partial charge in [-0.3, -0.25) is 20.4 Å². The predicted octanol–water partition coefficient (Wildman–Crippen LogP) is 4.05. The van der Waals surface area contributed by atoms with Crippen LogP contribution in [0.3, 0.4) is 0 Å². The van der Waals surface area contributed by atoms with Crippen LogP contribution in [0.25, 0.3) is 0 Å². The number of hydrogen-bond donors (Lipinski definition) is 2. The van der Waals surface area contributed by atoms with Gasteiger partial charge in [-0.05, 0) is 36.2 Å². The highest BCUT2D eigenvalue weighted by Gasteiger charge is 2.14. The van der Waals surface area contributed by atoms with E-state index in [1.807, 2.05) is 0 Å². The van der Waals surface area contributed by atoms with Crippen molar-refractivity contribution in [3.63, 3.8) is 0 Å². The van der Waals surface area contributed by atoms with E-state index in [0.29, 0.717) is 27.2 Å². The van der Waals surface area contributed by atoms with Crippen molar-refractivity contribution in [3.8, 4) is 5.75 Å². The van der Waals surface area contributed by atoms with Crippen LogP contribution in [0.2, 0.25) is 15.1 Å². The van der Waals surface area contributed by atoms with Crippen LogP contribution in [-0.2, 0) is 11.2 Å². The van der Waals surface area contributed by atoms with E-state index in [9.17, 15) is 9.59 Å². The number of hydrogen-bond acceptors (Lipinski definition) is 3. The lowest BCUT2D eigenvalue weighted by molar-refractivity contribution is -0.121. The Balaban J connectivity index is 1.91. The largest absolute Gasteiger partial charge is 0.496 e. The first-order valence-electron chi connectivity index (χ1n) is 7.28. The Labute approximate surface area is 160 Å². The summed E-state index contributed by atoms with van der Waals surface area (Å²) in [6.45, 7) is 0. The molecule has 2 N–H and O–H groups in total. The van der Waals surface area contributed by atoms with Gasteiger partial charge in [0.15, 0.2) is 0 Å². The molecule has 132 valence electrons. The molecule has 0 unspecified atom stereocenters. The first kappa shape index (κ1) is 19.4. The Bertz CT molecular complexity index is 797. The third-order valence-corrected chi connectivity index (χ3v) is 4.47. The first-order valence-corrected chi connectivity index (χ1v) is 8.41. The summed E-state index contributed by atoms with van der Waals surface area (Å²) in [6.07, 6.45) is 0.522. The molecule has 2 rings (SSSR count). The third-order valence-electron chi connectivity index (χ3n) is 3.37. The number of rotatable bonds is 5. The van der Waals surface area contributed by atoms with Gasteiger partial charge in [-0.25, -0.2) is 0 Å². The van der Waals surface area contributed by atoms with Gasteiger partial charge >= 0.3 is 0 Å². The number of carbonyl (C=O) groups excluding carboxylic acids is 2. The molecule has 0 aromatic heterocycles. The summed E-state index contributed by atoms with van der Waals surface area (Å²) in [4.78, 5) is 24.1. The Morgan fingerprint density at radius 1 is 1.08 bits per heavy atom. The molecule has 0 heterocycles. The minimum atomic E-state index is -0.534. The Morgan fingerprint density at radius 2 is 1.84 bits per heavy atom. The Kier molecular flexibility index (Phi) is 6.93. The van der Waals surface area contributed by atoms with E-state index < -0.39 is 5.91 Å². The molecular formula is C17H15Cl3N2O3. The van der Waals surface area contributed by atoms with Crippen molar-refractivity contribution in [2.45, 2.75) is 12.8 Å². The van der Waals surface area contributed by atoms with Gasteiger partial charge in [-0.15, -0.1) is 0 Å². The van der Waals surface area contributed by atoms with Crippen molar-refractivity contribution in [2.24, 2.45) is 0 Å². The molecule has 0 bridgehead atoms. The molecule has 8 heteroatoms. The van der Waals surface area contributed by atoms with Crippen LogP contribution in [0.1, 0.15) is 22.3 Å². The van der Waals surface area contributed by atoms with Crippen LogP contribution in [0.15, 0.2) is 36.4 Å². The zero-order valence-electron chi connectivity index (χ0n) is 13.2. The number of amides is 2. The standard InChI is InChI=1S/C17H15Cl3N2O3/c1-25-14-7-6-11(18)9-12(14)17(24)22-21-15(23)8-5-10-3-2-4-13(19)16(10)20/h2-4,6-7,9H,5,8H2,1H3,(H,21,23)(H,22,24). The van der Waals surface area contributed by atoms with Crippen molar-refractivity contribution < 1.29 is 14.3 Å². The number of ether oxygens (including phenoxy) is 1. The number of hydrazine groups is 1. The lowest BCUT2D eigenvalue weighted by Crippen LogP contribution is -2.41. The normalized spacial score (nSPS) is 10.2. The highest BCUT2D eigenvalue weighted by atomic mass is 35.5. The second-order valence-corrected chi connectivity index (χ2v) is 6.28. The zero-order chi connectivity index (χ0) is 18.4. The molecule has 0 atom stereocenters. The SMILES string of the molecule is COc1ccc(Cl)cc1C(=O)NNC(=O)CCc1cccc(Cl)c1Cl. The van der Waals surface area contributed by atoms with Crippen LogP contribution in [0, 0.1) is 0 Å². The van der Waals surface area contributed by atoms with Gasteiger partial charge in [0, 0.05) is 11.4 Å². The fourth-order valence-corrected chi connectivity index (χ4v) is 2.69. The van der Waals surface area contributed by atoms with Gasteiger partial charge in [-0.1, -0.05) is 46.9 Å². The van der Waals surface area contributed by atoms with Crippen molar-refractivity contribution in [2.75, 3.05) is 7.11 Å². The number of carbonyl (C=O) groups is 2. The average molecular weight is 402 g/mol. The molecule has 25 heavy (non-hydrogen) atoms.